The van der Waals surface area contributed by atoms with Crippen LogP contribution >= 0.6 is 0 Å². The molecule has 1 aliphatic heterocycles. The van der Waals surface area contributed by atoms with Gasteiger partial charge >= 0.3 is 0 Å². The van der Waals surface area contributed by atoms with Crippen LogP contribution in [0.2, 0.25) is 0 Å². The molecule has 0 aromatic rings. The predicted octanol–water partition coefficient (Wildman–Crippen LogP) is 2.18. The van der Waals surface area contributed by atoms with Gasteiger partial charge < -0.3 is 4.74 Å². The van der Waals surface area contributed by atoms with Gasteiger partial charge in [0.15, 0.2) is 0 Å². The molecule has 52 valence electrons. The fourth-order valence-electron chi connectivity index (χ4n) is 1.37. The summed E-state index contributed by atoms with van der Waals surface area (Å²) in [5, 5.41) is 0. The highest BCUT2D eigenvalue weighted by molar-refractivity contribution is 5.51. The molecule has 1 heterocycles. The Hall–Kier alpha value is -0.980. The number of fused-ring (bicyclic) bond motifs is 1. The van der Waals surface area contributed by atoms with Gasteiger partial charge in [0.1, 0.15) is 11.9 Å². The summed E-state index contributed by atoms with van der Waals surface area (Å²) in [6.07, 6.45) is 6.64. The molecule has 10 heavy (non-hydrogen) atoms. The molecular weight excluding hydrogens is 124 g/mol. The predicted molar refractivity (Wildman–Crippen MR) is 40.5 cm³/mol. The molecule has 2 rings (SSSR count). The lowest BCUT2D eigenvalue weighted by Gasteiger charge is -2.01. The van der Waals surface area contributed by atoms with E-state index in [1.165, 1.54) is 11.1 Å². The van der Waals surface area contributed by atoms with Gasteiger partial charge in [0.2, 0.25) is 0 Å². The third-order valence-corrected chi connectivity index (χ3v) is 1.75. The zero-order valence-electron chi connectivity index (χ0n) is 6.22. The summed E-state index contributed by atoms with van der Waals surface area (Å²) in [6.45, 7) is 4.13. The molecule has 0 saturated heterocycles. The Morgan fingerprint density at radius 3 is 2.90 bits per heavy atom. The van der Waals surface area contributed by atoms with Crippen LogP contribution in [0.3, 0.4) is 0 Å². The Morgan fingerprint density at radius 1 is 1.40 bits per heavy atom. The molecule has 0 saturated carbocycles. The number of rotatable bonds is 0. The van der Waals surface area contributed by atoms with Crippen molar-refractivity contribution in [2.75, 3.05) is 0 Å². The maximum Gasteiger partial charge on any atom is 0.127 e. The summed E-state index contributed by atoms with van der Waals surface area (Å²) < 4.78 is 5.47. The molecule has 0 N–H and O–H groups in total. The first-order chi connectivity index (χ1) is 4.75. The van der Waals surface area contributed by atoms with Gasteiger partial charge in [-0.2, -0.15) is 0 Å². The number of ether oxygens (including phenoxy) is 1. The van der Waals surface area contributed by atoms with Crippen molar-refractivity contribution in [1.82, 2.24) is 0 Å². The molecular formula is C9H10O. The Morgan fingerprint density at radius 2 is 2.20 bits per heavy atom. The van der Waals surface area contributed by atoms with Gasteiger partial charge in [-0.25, -0.2) is 0 Å². The van der Waals surface area contributed by atoms with Crippen molar-refractivity contribution >= 4 is 0 Å². The molecule has 0 fully saturated rings. The van der Waals surface area contributed by atoms with Gasteiger partial charge in [-0.05, 0) is 37.6 Å². The van der Waals surface area contributed by atoms with Crippen LogP contribution < -0.4 is 0 Å². The van der Waals surface area contributed by atoms with E-state index in [2.05, 4.69) is 32.1 Å². The average molecular weight is 134 g/mol. The summed E-state index contributed by atoms with van der Waals surface area (Å²) in [4.78, 5) is 0. The maximum atomic E-state index is 5.47. The standard InChI is InChI=1S/C9H10O/c1-6-3-8-5-7(2)10-9(8)4-6/h3-5,7H,1-2H3. The van der Waals surface area contributed by atoms with Crippen molar-refractivity contribution in [3.05, 3.63) is 35.1 Å². The van der Waals surface area contributed by atoms with E-state index in [1.807, 2.05) is 0 Å². The smallest absolute Gasteiger partial charge is 0.127 e. The van der Waals surface area contributed by atoms with E-state index in [0.29, 0.717) is 0 Å². The summed E-state index contributed by atoms with van der Waals surface area (Å²) >= 11 is 0. The molecule has 0 aromatic heterocycles. The second-order valence-corrected chi connectivity index (χ2v) is 2.84. The zero-order valence-corrected chi connectivity index (χ0v) is 6.22. The van der Waals surface area contributed by atoms with Gasteiger partial charge in [0, 0.05) is 5.57 Å². The quantitative estimate of drug-likeness (QED) is 0.493. The van der Waals surface area contributed by atoms with E-state index in [0.717, 1.165) is 5.76 Å². The van der Waals surface area contributed by atoms with Crippen molar-refractivity contribution in [3.63, 3.8) is 0 Å². The number of hydrogen-bond acceptors (Lipinski definition) is 1. The van der Waals surface area contributed by atoms with Crippen molar-refractivity contribution in [2.24, 2.45) is 0 Å². The highest BCUT2D eigenvalue weighted by atomic mass is 16.5. The summed E-state index contributed by atoms with van der Waals surface area (Å²) in [5.74, 6) is 1.05. The second-order valence-electron chi connectivity index (χ2n) is 2.84. The molecule has 0 spiro atoms. The van der Waals surface area contributed by atoms with E-state index in [9.17, 15) is 0 Å². The van der Waals surface area contributed by atoms with Gasteiger partial charge in [-0.3, -0.25) is 0 Å². The third-order valence-electron chi connectivity index (χ3n) is 1.75. The van der Waals surface area contributed by atoms with E-state index in [-0.39, 0.29) is 6.10 Å². The first kappa shape index (κ1) is 5.78. The van der Waals surface area contributed by atoms with Crippen LogP contribution in [0.15, 0.2) is 35.1 Å². The molecule has 2 aliphatic rings. The number of allylic oxidation sites excluding steroid dienone is 3. The summed E-state index contributed by atoms with van der Waals surface area (Å²) in [5.41, 5.74) is 2.54. The van der Waals surface area contributed by atoms with E-state index < -0.39 is 0 Å². The van der Waals surface area contributed by atoms with Crippen LogP contribution in [-0.4, -0.2) is 6.10 Å². The van der Waals surface area contributed by atoms with Crippen molar-refractivity contribution in [3.8, 4) is 0 Å². The first-order valence-electron chi connectivity index (χ1n) is 3.54. The second kappa shape index (κ2) is 1.75. The van der Waals surface area contributed by atoms with Crippen LogP contribution in [0.5, 0.6) is 0 Å². The Balaban J connectivity index is 2.39. The molecule has 0 radical (unpaired) electrons. The van der Waals surface area contributed by atoms with Crippen LogP contribution in [0.1, 0.15) is 13.8 Å². The van der Waals surface area contributed by atoms with Crippen molar-refractivity contribution in [2.45, 2.75) is 20.0 Å². The minimum absolute atomic E-state index is 0.269. The fourth-order valence-corrected chi connectivity index (χ4v) is 1.37. The first-order valence-corrected chi connectivity index (χ1v) is 3.54. The molecule has 0 bridgehead atoms. The monoisotopic (exact) mass is 134 g/mol. The Labute approximate surface area is 60.7 Å². The molecule has 1 unspecified atom stereocenters. The average Bonchev–Trinajstić information content (AvgIpc) is 2.21. The van der Waals surface area contributed by atoms with Crippen LogP contribution in [0, 0.1) is 0 Å². The lowest BCUT2D eigenvalue weighted by atomic mass is 10.2. The van der Waals surface area contributed by atoms with Crippen LogP contribution in [-0.2, 0) is 4.74 Å². The fraction of sp³-hybridized carbons (Fsp3) is 0.333. The van der Waals surface area contributed by atoms with Crippen molar-refractivity contribution < 1.29 is 4.74 Å². The van der Waals surface area contributed by atoms with Crippen LogP contribution in [0.25, 0.3) is 0 Å². The topological polar surface area (TPSA) is 9.23 Å². The summed E-state index contributed by atoms with van der Waals surface area (Å²) in [6, 6.07) is 0. The molecule has 1 heteroatoms. The van der Waals surface area contributed by atoms with Gasteiger partial charge in [0.05, 0.1) is 0 Å². The van der Waals surface area contributed by atoms with E-state index >= 15 is 0 Å². The SMILES string of the molecule is CC1=CC2=CC(C)OC2=C1. The summed E-state index contributed by atoms with van der Waals surface area (Å²) in [7, 11) is 0. The highest BCUT2D eigenvalue weighted by Gasteiger charge is 2.20. The van der Waals surface area contributed by atoms with Crippen LogP contribution in [0.4, 0.5) is 0 Å². The lowest BCUT2D eigenvalue weighted by molar-refractivity contribution is 0.197. The molecule has 0 amide bonds. The lowest BCUT2D eigenvalue weighted by Crippen LogP contribution is -1.94. The molecule has 1 atom stereocenters. The van der Waals surface area contributed by atoms with E-state index in [1.54, 1.807) is 0 Å². The number of hydrogen-bond donors (Lipinski definition) is 0. The molecule has 0 aromatic carbocycles. The van der Waals surface area contributed by atoms with Crippen molar-refractivity contribution in [1.29, 1.82) is 0 Å². The Kier molecular flexibility index (Phi) is 1.01. The van der Waals surface area contributed by atoms with Gasteiger partial charge in [-0.1, -0.05) is 0 Å². The zero-order chi connectivity index (χ0) is 7.14. The minimum Gasteiger partial charge on any atom is -0.486 e. The highest BCUT2D eigenvalue weighted by Crippen LogP contribution is 2.31. The molecule has 1 aliphatic carbocycles. The largest absolute Gasteiger partial charge is 0.486 e. The maximum absolute atomic E-state index is 5.47. The van der Waals surface area contributed by atoms with Gasteiger partial charge in [-0.15, -0.1) is 0 Å². The molecule has 1 nitrogen and oxygen atoms in total. The van der Waals surface area contributed by atoms with E-state index in [4.69, 9.17) is 4.74 Å². The minimum atomic E-state index is 0.269. The normalized spacial score (nSPS) is 28.6. The van der Waals surface area contributed by atoms with Gasteiger partial charge in [0.25, 0.3) is 0 Å². The Bertz CT molecular complexity index is 256. The third kappa shape index (κ3) is 0.703.